The molecular formula is C27H35ClN8O3. The Morgan fingerprint density at radius 3 is 2.51 bits per heavy atom. The van der Waals surface area contributed by atoms with Crippen LogP contribution in [0, 0.1) is 0 Å². The number of nitrogens with two attached hydrogens (primary N) is 1. The van der Waals surface area contributed by atoms with Gasteiger partial charge in [0.1, 0.15) is 17.2 Å². The Morgan fingerprint density at radius 2 is 1.87 bits per heavy atom. The summed E-state index contributed by atoms with van der Waals surface area (Å²) < 4.78 is 5.54. The van der Waals surface area contributed by atoms with Crippen LogP contribution in [0.1, 0.15) is 39.2 Å². The maximum Gasteiger partial charge on any atom is 0.410 e. The first-order valence-corrected chi connectivity index (χ1v) is 13.3. The van der Waals surface area contributed by atoms with E-state index in [1.165, 1.54) is 18.6 Å². The molecule has 1 aromatic carbocycles. The number of allylic oxidation sites excluding steroid dienone is 1. The average molecular weight is 555 g/mol. The number of amides is 2. The summed E-state index contributed by atoms with van der Waals surface area (Å²) in [7, 11) is 0. The van der Waals surface area contributed by atoms with Crippen LogP contribution in [0.15, 0.2) is 53.4 Å². The summed E-state index contributed by atoms with van der Waals surface area (Å²) in [6.07, 6.45) is 5.67. The summed E-state index contributed by atoms with van der Waals surface area (Å²) in [6.45, 7) is 7.00. The highest BCUT2D eigenvalue weighted by Crippen LogP contribution is 2.30. The number of aliphatic imine (C=N–C) groups is 1. The van der Waals surface area contributed by atoms with Gasteiger partial charge in [0.05, 0.1) is 17.9 Å². The van der Waals surface area contributed by atoms with E-state index in [-0.39, 0.29) is 36.6 Å². The third kappa shape index (κ3) is 7.60. The minimum absolute atomic E-state index is 0.0416. The number of carbonyl (C=O) groups excluding carboxylic acids is 2. The number of fused-ring (bicyclic) bond motifs is 3. The van der Waals surface area contributed by atoms with Gasteiger partial charge in [0.25, 0.3) is 0 Å². The lowest BCUT2D eigenvalue weighted by Crippen LogP contribution is -2.65. The quantitative estimate of drug-likeness (QED) is 0.420. The van der Waals surface area contributed by atoms with Crippen molar-refractivity contribution in [3.05, 3.63) is 59.0 Å². The van der Waals surface area contributed by atoms with Gasteiger partial charge < -0.3 is 30.9 Å². The van der Waals surface area contributed by atoms with Crippen molar-refractivity contribution in [1.29, 1.82) is 0 Å². The fourth-order valence-corrected chi connectivity index (χ4v) is 4.73. The molecule has 1 aromatic heterocycles. The van der Waals surface area contributed by atoms with E-state index in [9.17, 15) is 9.59 Å². The Morgan fingerprint density at radius 1 is 1.18 bits per heavy atom. The van der Waals surface area contributed by atoms with Crippen molar-refractivity contribution in [3.8, 4) is 0 Å². The van der Waals surface area contributed by atoms with Crippen molar-refractivity contribution in [3.63, 3.8) is 0 Å². The normalized spacial score (nSPS) is 19.3. The van der Waals surface area contributed by atoms with Crippen molar-refractivity contribution in [2.75, 3.05) is 30.3 Å². The van der Waals surface area contributed by atoms with Gasteiger partial charge in [-0.1, -0.05) is 41.9 Å². The third-order valence-corrected chi connectivity index (χ3v) is 6.69. The van der Waals surface area contributed by atoms with Crippen LogP contribution in [-0.2, 0) is 16.1 Å². The molecule has 2 atom stereocenters. The highest BCUT2D eigenvalue weighted by atomic mass is 35.5. The standard InChI is InChI=1S/C27H35ClN8O3/c1-27(2,3)39-26(38)36-17-20-9-10-21(36)16-35(20)23(37)15-30-13-19(11-29)33-25-32-14-22(28)24(34-25)31-12-18-7-5-4-6-8-18/h4-8,11,13-14,20-21H,9-10,12,15-17,29H2,1-3H3,(H2,31,32,33,34)/b19-11+,30-13?. The Hall–Kier alpha value is -3.86. The van der Waals surface area contributed by atoms with Crippen LogP contribution in [0.2, 0.25) is 5.02 Å². The molecule has 3 aliphatic rings. The molecule has 12 heteroatoms. The largest absolute Gasteiger partial charge is 0.444 e. The van der Waals surface area contributed by atoms with Gasteiger partial charge in [-0.25, -0.2) is 9.78 Å². The SMILES string of the molecule is CC(C)(C)OC(=O)N1CC2CCC1CN2C(=O)CN=C/C(=C\N)Nc1ncc(Cl)c(NCc2ccccc2)n1. The zero-order valence-electron chi connectivity index (χ0n) is 22.4. The predicted octanol–water partition coefficient (Wildman–Crippen LogP) is 3.64. The first kappa shape index (κ1) is 28.2. The highest BCUT2D eigenvalue weighted by Gasteiger charge is 2.43. The number of halogens is 1. The number of carbonyl (C=O) groups is 2. The number of ether oxygens (including phenoxy) is 1. The number of hydrogen-bond donors (Lipinski definition) is 3. The summed E-state index contributed by atoms with van der Waals surface area (Å²) in [5, 5.41) is 6.58. The van der Waals surface area contributed by atoms with Gasteiger partial charge in [0.15, 0.2) is 5.82 Å². The average Bonchev–Trinajstić information content (AvgIpc) is 2.92. The number of piperidine rings is 2. The zero-order valence-corrected chi connectivity index (χ0v) is 23.2. The number of piperazine rings is 1. The molecule has 5 rings (SSSR count). The molecule has 2 amide bonds. The summed E-state index contributed by atoms with van der Waals surface area (Å²) in [4.78, 5) is 42.0. The molecule has 0 aliphatic carbocycles. The maximum atomic E-state index is 13.0. The molecule has 0 spiro atoms. The van der Waals surface area contributed by atoms with Crippen molar-refractivity contribution >= 4 is 41.6 Å². The second-order valence-corrected chi connectivity index (χ2v) is 10.9. The van der Waals surface area contributed by atoms with E-state index in [0.29, 0.717) is 36.2 Å². The molecule has 3 saturated heterocycles. The van der Waals surface area contributed by atoms with E-state index < -0.39 is 5.60 Å². The number of anilines is 2. The van der Waals surface area contributed by atoms with Gasteiger partial charge in [-0.05, 0) is 39.2 Å². The van der Waals surface area contributed by atoms with Crippen molar-refractivity contribution in [2.24, 2.45) is 10.7 Å². The second kappa shape index (κ2) is 12.3. The van der Waals surface area contributed by atoms with Crippen molar-refractivity contribution in [1.82, 2.24) is 19.8 Å². The predicted molar refractivity (Wildman–Crippen MR) is 152 cm³/mol. The van der Waals surface area contributed by atoms with Crippen molar-refractivity contribution in [2.45, 2.75) is 57.8 Å². The van der Waals surface area contributed by atoms with Crippen LogP contribution < -0.4 is 16.4 Å². The van der Waals surface area contributed by atoms with E-state index in [2.05, 4.69) is 25.6 Å². The summed E-state index contributed by atoms with van der Waals surface area (Å²) in [5.74, 6) is 0.651. The Balaban J connectivity index is 1.30. The molecule has 3 fully saturated rings. The molecule has 11 nitrogen and oxygen atoms in total. The van der Waals surface area contributed by atoms with Gasteiger partial charge in [0, 0.05) is 38.1 Å². The lowest BCUT2D eigenvalue weighted by atomic mass is 9.91. The number of rotatable bonds is 8. The monoisotopic (exact) mass is 554 g/mol. The van der Waals surface area contributed by atoms with Crippen LogP contribution in [0.25, 0.3) is 0 Å². The van der Waals surface area contributed by atoms with E-state index in [0.717, 1.165) is 18.4 Å². The van der Waals surface area contributed by atoms with Crippen LogP contribution in [0.4, 0.5) is 16.6 Å². The molecule has 3 aliphatic heterocycles. The van der Waals surface area contributed by atoms with Gasteiger partial charge in [-0.3, -0.25) is 9.79 Å². The summed E-state index contributed by atoms with van der Waals surface area (Å²) >= 11 is 6.25. The van der Waals surface area contributed by atoms with Crippen molar-refractivity contribution < 1.29 is 14.3 Å². The third-order valence-electron chi connectivity index (χ3n) is 6.42. The fourth-order valence-electron chi connectivity index (χ4n) is 4.57. The number of hydrogen-bond acceptors (Lipinski definition) is 9. The molecule has 4 N–H and O–H groups in total. The summed E-state index contributed by atoms with van der Waals surface area (Å²) in [6, 6.07) is 9.78. The summed E-state index contributed by atoms with van der Waals surface area (Å²) in [5.41, 5.74) is 6.71. The molecule has 2 unspecified atom stereocenters. The van der Waals surface area contributed by atoms with Gasteiger partial charge in [-0.2, -0.15) is 4.98 Å². The second-order valence-electron chi connectivity index (χ2n) is 10.5. The van der Waals surface area contributed by atoms with E-state index in [1.54, 1.807) is 4.90 Å². The molecule has 208 valence electrons. The zero-order chi connectivity index (χ0) is 28.0. The van der Waals surface area contributed by atoms with E-state index in [1.807, 2.05) is 56.0 Å². The number of aromatic nitrogens is 2. The minimum atomic E-state index is -0.558. The lowest BCUT2D eigenvalue weighted by molar-refractivity contribution is -0.139. The topological polar surface area (TPSA) is 138 Å². The van der Waals surface area contributed by atoms with E-state index in [4.69, 9.17) is 22.1 Å². The molecule has 2 aromatic rings. The number of nitrogens with one attached hydrogen (secondary N) is 2. The fraction of sp³-hybridized carbons (Fsp3) is 0.444. The van der Waals surface area contributed by atoms with Crippen LogP contribution in [0.3, 0.4) is 0 Å². The Kier molecular flexibility index (Phi) is 8.90. The van der Waals surface area contributed by atoms with Gasteiger partial charge in [0.2, 0.25) is 11.9 Å². The highest BCUT2D eigenvalue weighted by molar-refractivity contribution is 6.32. The Bertz CT molecular complexity index is 1230. The van der Waals surface area contributed by atoms with Crippen LogP contribution in [0.5, 0.6) is 0 Å². The van der Waals surface area contributed by atoms with Crippen LogP contribution >= 0.6 is 11.6 Å². The maximum absolute atomic E-state index is 13.0. The van der Waals surface area contributed by atoms with Gasteiger partial charge in [-0.15, -0.1) is 0 Å². The molecular weight excluding hydrogens is 520 g/mol. The minimum Gasteiger partial charge on any atom is -0.444 e. The molecule has 39 heavy (non-hydrogen) atoms. The van der Waals surface area contributed by atoms with E-state index >= 15 is 0 Å². The first-order chi connectivity index (χ1) is 18.6. The first-order valence-electron chi connectivity index (χ1n) is 12.9. The molecule has 4 heterocycles. The number of benzene rings is 1. The van der Waals surface area contributed by atoms with Gasteiger partial charge >= 0.3 is 6.09 Å². The molecule has 0 saturated carbocycles. The lowest BCUT2D eigenvalue weighted by Gasteiger charge is -2.51. The van der Waals surface area contributed by atoms with Crippen LogP contribution in [-0.4, -0.2) is 75.3 Å². The smallest absolute Gasteiger partial charge is 0.410 e. The molecule has 0 radical (unpaired) electrons. The Labute approximate surface area is 233 Å². The molecule has 2 bridgehead atoms. The number of nitrogens with zero attached hydrogens (tertiary/aromatic N) is 5.